The van der Waals surface area contributed by atoms with Gasteiger partial charge in [-0.1, -0.05) is 27.7 Å². The Morgan fingerprint density at radius 2 is 1.33 bits per heavy atom. The molecule has 0 unspecified atom stereocenters. The van der Waals surface area contributed by atoms with Crippen LogP contribution in [-0.4, -0.2) is 18.2 Å². The van der Waals surface area contributed by atoms with Gasteiger partial charge >= 0.3 is 0 Å². The first-order valence-corrected chi connectivity index (χ1v) is 4.37. The fourth-order valence-electron chi connectivity index (χ4n) is 0.249. The summed E-state index contributed by atoms with van der Waals surface area (Å²) in [6, 6.07) is 0. The van der Waals surface area contributed by atoms with E-state index >= 15 is 0 Å². The average molecular weight is 175 g/mol. The van der Waals surface area contributed by atoms with Gasteiger partial charge in [0.2, 0.25) is 5.91 Å². The van der Waals surface area contributed by atoms with Crippen LogP contribution in [0.5, 0.6) is 0 Å². The lowest BCUT2D eigenvalue weighted by Crippen LogP contribution is -2.25. The van der Waals surface area contributed by atoms with Crippen LogP contribution in [0, 0.1) is 0 Å². The van der Waals surface area contributed by atoms with Crippen molar-refractivity contribution in [1.82, 2.24) is 5.32 Å². The largest absolute Gasteiger partial charge is 0.349 e. The smallest absolute Gasteiger partial charge is 0.217 e. The summed E-state index contributed by atoms with van der Waals surface area (Å²) in [6.45, 7) is 11.0. The zero-order chi connectivity index (χ0) is 10.6. The Balaban J connectivity index is -0.000000175. The Morgan fingerprint density at radius 1 is 1.00 bits per heavy atom. The van der Waals surface area contributed by atoms with Crippen LogP contribution in [0.2, 0.25) is 0 Å². The molecular formula is C9H21NO2. The van der Waals surface area contributed by atoms with Gasteiger partial charge in [0.25, 0.3) is 0 Å². The van der Waals surface area contributed by atoms with Crippen molar-refractivity contribution >= 4 is 11.7 Å². The Bertz CT molecular complexity index is 97.1. The zero-order valence-corrected chi connectivity index (χ0v) is 9.02. The van der Waals surface area contributed by atoms with Crippen LogP contribution >= 0.6 is 0 Å². The maximum atomic E-state index is 10.1. The van der Waals surface area contributed by atoms with Crippen LogP contribution in [-0.2, 0) is 9.59 Å². The second-order valence-corrected chi connectivity index (χ2v) is 1.61. The topological polar surface area (TPSA) is 46.2 Å². The maximum Gasteiger partial charge on any atom is 0.217 e. The molecule has 0 atom stereocenters. The normalized spacial score (nSPS) is 6.50. The molecule has 0 fully saturated rings. The molecule has 0 aromatic rings. The van der Waals surface area contributed by atoms with E-state index in [4.69, 9.17) is 0 Å². The van der Waals surface area contributed by atoms with Crippen LogP contribution in [0.15, 0.2) is 0 Å². The van der Waals surface area contributed by atoms with E-state index < -0.39 is 0 Å². The molecule has 0 heterocycles. The molecule has 0 aromatic carbocycles. The van der Waals surface area contributed by atoms with E-state index in [0.29, 0.717) is 0 Å². The number of rotatable bonds is 2. The fourth-order valence-corrected chi connectivity index (χ4v) is 0.249. The average Bonchev–Trinajstić information content (AvgIpc) is 2.08. The monoisotopic (exact) mass is 175 g/mol. The molecule has 1 N–H and O–H groups in total. The highest BCUT2D eigenvalue weighted by Crippen LogP contribution is 1.63. The number of carbonyl (C=O) groups excluding carboxylic acids is 2. The minimum atomic E-state index is -0.166. The van der Waals surface area contributed by atoms with Crippen LogP contribution in [0.3, 0.4) is 0 Å². The van der Waals surface area contributed by atoms with E-state index in [9.17, 15) is 9.59 Å². The van der Waals surface area contributed by atoms with Crippen molar-refractivity contribution in [1.29, 1.82) is 0 Å². The van der Waals surface area contributed by atoms with E-state index in [0.717, 1.165) is 0 Å². The molecule has 3 heteroatoms. The lowest BCUT2D eigenvalue weighted by molar-refractivity contribution is -0.123. The third-order valence-corrected chi connectivity index (χ3v) is 0.586. The Hall–Kier alpha value is -0.860. The number of Topliss-reactive ketones (excluding diaryl/α,β-unsaturated/α-hetero) is 1. The van der Waals surface area contributed by atoms with Gasteiger partial charge in [-0.05, 0) is 6.92 Å². The summed E-state index contributed by atoms with van der Waals surface area (Å²) in [7, 11) is 0. The van der Waals surface area contributed by atoms with E-state index in [1.54, 1.807) is 0 Å². The molecule has 0 bridgehead atoms. The van der Waals surface area contributed by atoms with E-state index in [-0.39, 0.29) is 18.2 Å². The highest BCUT2D eigenvalue weighted by atomic mass is 16.2. The zero-order valence-electron chi connectivity index (χ0n) is 9.02. The van der Waals surface area contributed by atoms with Gasteiger partial charge in [-0.2, -0.15) is 0 Å². The summed E-state index contributed by atoms with van der Waals surface area (Å²) in [6.07, 6.45) is 0. The molecule has 0 aromatic heterocycles. The first-order chi connectivity index (χ1) is 5.63. The van der Waals surface area contributed by atoms with E-state index in [2.05, 4.69) is 5.32 Å². The van der Waals surface area contributed by atoms with Crippen LogP contribution in [0.1, 0.15) is 41.5 Å². The summed E-state index contributed by atoms with van der Waals surface area (Å²) < 4.78 is 0. The van der Waals surface area contributed by atoms with Gasteiger partial charge in [-0.3, -0.25) is 9.59 Å². The van der Waals surface area contributed by atoms with Crippen molar-refractivity contribution < 1.29 is 9.59 Å². The molecule has 12 heavy (non-hydrogen) atoms. The third kappa shape index (κ3) is 35.3. The molecule has 0 spiro atoms. The minimum Gasteiger partial charge on any atom is -0.349 e. The second-order valence-electron chi connectivity index (χ2n) is 1.61. The summed E-state index contributed by atoms with van der Waals surface area (Å²) in [5.41, 5.74) is 0. The van der Waals surface area contributed by atoms with Crippen molar-refractivity contribution in [2.24, 2.45) is 0 Å². The number of hydrogen-bond acceptors (Lipinski definition) is 2. The van der Waals surface area contributed by atoms with Gasteiger partial charge in [0.15, 0.2) is 0 Å². The first-order valence-electron chi connectivity index (χ1n) is 4.37. The minimum absolute atomic E-state index is 0.0276. The highest BCUT2D eigenvalue weighted by molar-refractivity contribution is 5.83. The van der Waals surface area contributed by atoms with Crippen molar-refractivity contribution in [3.63, 3.8) is 0 Å². The molecule has 3 nitrogen and oxygen atoms in total. The lowest BCUT2D eigenvalue weighted by Gasteiger charge is -1.93. The Morgan fingerprint density at radius 3 is 1.42 bits per heavy atom. The molecule has 0 aliphatic rings. The molecule has 74 valence electrons. The molecule has 0 aliphatic carbocycles. The van der Waals surface area contributed by atoms with Crippen LogP contribution in [0.4, 0.5) is 0 Å². The van der Waals surface area contributed by atoms with Crippen molar-refractivity contribution in [3.05, 3.63) is 0 Å². The predicted molar refractivity (Wildman–Crippen MR) is 52.1 cm³/mol. The molecule has 0 aliphatic heterocycles. The number of carbonyl (C=O) groups is 2. The molecular weight excluding hydrogens is 154 g/mol. The summed E-state index contributed by atoms with van der Waals surface area (Å²) in [5.74, 6) is -0.194. The first kappa shape index (κ1) is 17.3. The quantitative estimate of drug-likeness (QED) is 0.695. The maximum absolute atomic E-state index is 10.1. The fraction of sp³-hybridized carbons (Fsp3) is 0.778. The summed E-state index contributed by atoms with van der Waals surface area (Å²) >= 11 is 0. The van der Waals surface area contributed by atoms with Gasteiger partial charge in [0, 0.05) is 6.92 Å². The molecule has 0 saturated carbocycles. The van der Waals surface area contributed by atoms with Gasteiger partial charge in [-0.25, -0.2) is 0 Å². The van der Waals surface area contributed by atoms with E-state index in [1.165, 1.54) is 13.8 Å². The molecule has 0 saturated heterocycles. The predicted octanol–water partition coefficient (Wildman–Crippen LogP) is 1.76. The Labute approximate surface area is 75.5 Å². The molecule has 0 radical (unpaired) electrons. The van der Waals surface area contributed by atoms with Crippen molar-refractivity contribution in [3.8, 4) is 0 Å². The number of hydrogen-bond donors (Lipinski definition) is 1. The van der Waals surface area contributed by atoms with Gasteiger partial charge in [0.05, 0.1) is 6.54 Å². The number of amides is 1. The summed E-state index contributed by atoms with van der Waals surface area (Å²) in [4.78, 5) is 20.2. The van der Waals surface area contributed by atoms with E-state index in [1.807, 2.05) is 27.7 Å². The highest BCUT2D eigenvalue weighted by Gasteiger charge is 1.91. The lowest BCUT2D eigenvalue weighted by atomic mass is 10.4. The van der Waals surface area contributed by atoms with Crippen LogP contribution < -0.4 is 5.32 Å². The van der Waals surface area contributed by atoms with Gasteiger partial charge in [-0.15, -0.1) is 0 Å². The Kier molecular flexibility index (Phi) is 23.9. The summed E-state index contributed by atoms with van der Waals surface area (Å²) in [5, 5.41) is 2.36. The number of nitrogens with one attached hydrogen (secondary N) is 1. The standard InChI is InChI=1S/C5H9NO2.2C2H6/c1-4(7)3-6-5(2)8;2*1-2/h3H2,1-2H3,(H,6,8);2*1-2H3. The van der Waals surface area contributed by atoms with Crippen LogP contribution in [0.25, 0.3) is 0 Å². The third-order valence-electron chi connectivity index (χ3n) is 0.586. The van der Waals surface area contributed by atoms with Gasteiger partial charge < -0.3 is 5.32 Å². The second kappa shape index (κ2) is 16.6. The molecule has 0 rings (SSSR count). The van der Waals surface area contributed by atoms with Crippen molar-refractivity contribution in [2.45, 2.75) is 41.5 Å². The van der Waals surface area contributed by atoms with Crippen molar-refractivity contribution in [2.75, 3.05) is 6.54 Å². The molecule has 1 amide bonds. The van der Waals surface area contributed by atoms with Gasteiger partial charge in [0.1, 0.15) is 5.78 Å². The number of ketones is 1. The SMILES string of the molecule is CC.CC.CC(=O)CNC(C)=O.